The van der Waals surface area contributed by atoms with Gasteiger partial charge in [-0.3, -0.25) is 0 Å². The third kappa shape index (κ3) is 3.11. The standard InChI is InChI=1S/C13H18N2O2S/c1-10-7-11(14)9-13(8-10)18(16,17)15-12-5-3-2-4-6-12/h2-3,7-9,12,15H,4-6,14H2,1H3. The second kappa shape index (κ2) is 5.12. The van der Waals surface area contributed by atoms with Crippen LogP contribution >= 0.6 is 0 Å². The fourth-order valence-electron chi connectivity index (χ4n) is 2.12. The minimum absolute atomic E-state index is 0.0123. The average molecular weight is 266 g/mol. The van der Waals surface area contributed by atoms with Gasteiger partial charge < -0.3 is 5.73 Å². The molecule has 1 unspecified atom stereocenters. The van der Waals surface area contributed by atoms with Crippen molar-refractivity contribution in [3.8, 4) is 0 Å². The number of allylic oxidation sites excluding steroid dienone is 1. The van der Waals surface area contributed by atoms with Crippen LogP contribution in [0.3, 0.4) is 0 Å². The van der Waals surface area contributed by atoms with Gasteiger partial charge in [-0.2, -0.15) is 0 Å². The molecule has 0 radical (unpaired) electrons. The van der Waals surface area contributed by atoms with Crippen LogP contribution in [0.1, 0.15) is 24.8 Å². The minimum atomic E-state index is -3.47. The second-order valence-corrected chi connectivity index (χ2v) is 6.40. The van der Waals surface area contributed by atoms with Gasteiger partial charge in [-0.05, 0) is 49.9 Å². The SMILES string of the molecule is Cc1cc(N)cc(S(=O)(=O)NC2CC=CCC2)c1. The van der Waals surface area contributed by atoms with Gasteiger partial charge in [0, 0.05) is 11.7 Å². The zero-order chi connectivity index (χ0) is 13.2. The van der Waals surface area contributed by atoms with E-state index in [1.165, 1.54) is 6.07 Å². The molecule has 1 aliphatic carbocycles. The van der Waals surface area contributed by atoms with E-state index in [0.717, 1.165) is 24.8 Å². The molecule has 0 aliphatic heterocycles. The highest BCUT2D eigenvalue weighted by Crippen LogP contribution is 2.19. The van der Waals surface area contributed by atoms with Gasteiger partial charge in [-0.25, -0.2) is 13.1 Å². The summed E-state index contributed by atoms with van der Waals surface area (Å²) in [5.41, 5.74) is 7.00. The lowest BCUT2D eigenvalue weighted by molar-refractivity contribution is 0.522. The number of nitrogen functional groups attached to an aromatic ring is 1. The van der Waals surface area contributed by atoms with Crippen LogP contribution in [0.25, 0.3) is 0 Å². The number of rotatable bonds is 3. The Kier molecular flexibility index (Phi) is 3.73. The number of hydrogen-bond acceptors (Lipinski definition) is 3. The molecule has 0 spiro atoms. The first-order chi connectivity index (χ1) is 8.47. The number of hydrogen-bond donors (Lipinski definition) is 2. The van der Waals surface area contributed by atoms with E-state index in [1.807, 2.05) is 13.0 Å². The van der Waals surface area contributed by atoms with Crippen molar-refractivity contribution in [3.63, 3.8) is 0 Å². The first kappa shape index (κ1) is 13.1. The van der Waals surface area contributed by atoms with E-state index in [4.69, 9.17) is 5.73 Å². The molecule has 0 bridgehead atoms. The van der Waals surface area contributed by atoms with Crippen LogP contribution in [0, 0.1) is 6.92 Å². The summed E-state index contributed by atoms with van der Waals surface area (Å²) in [7, 11) is -3.47. The highest BCUT2D eigenvalue weighted by molar-refractivity contribution is 7.89. The molecule has 0 heterocycles. The second-order valence-electron chi connectivity index (χ2n) is 4.68. The number of nitrogens with two attached hydrogens (primary N) is 1. The zero-order valence-electron chi connectivity index (χ0n) is 10.4. The summed E-state index contributed by atoms with van der Waals surface area (Å²) < 4.78 is 27.2. The van der Waals surface area contributed by atoms with Gasteiger partial charge >= 0.3 is 0 Å². The molecule has 1 aromatic rings. The first-order valence-electron chi connectivity index (χ1n) is 6.02. The van der Waals surface area contributed by atoms with Gasteiger partial charge in [0.2, 0.25) is 10.0 Å². The van der Waals surface area contributed by atoms with Gasteiger partial charge in [-0.15, -0.1) is 0 Å². The maximum absolute atomic E-state index is 12.2. The molecular weight excluding hydrogens is 248 g/mol. The molecule has 98 valence electrons. The molecular formula is C13H18N2O2S. The predicted octanol–water partition coefficient (Wildman–Crippen LogP) is 1.96. The highest BCUT2D eigenvalue weighted by Gasteiger charge is 2.20. The lowest BCUT2D eigenvalue weighted by Crippen LogP contribution is -2.35. The highest BCUT2D eigenvalue weighted by atomic mass is 32.2. The topological polar surface area (TPSA) is 72.2 Å². The molecule has 1 atom stereocenters. The maximum atomic E-state index is 12.2. The Hall–Kier alpha value is -1.33. The Balaban J connectivity index is 2.22. The number of nitrogens with one attached hydrogen (secondary N) is 1. The maximum Gasteiger partial charge on any atom is 0.240 e. The Bertz CT molecular complexity index is 544. The van der Waals surface area contributed by atoms with Crippen molar-refractivity contribution in [1.29, 1.82) is 0 Å². The third-order valence-electron chi connectivity index (χ3n) is 2.97. The van der Waals surface area contributed by atoms with E-state index in [-0.39, 0.29) is 10.9 Å². The normalized spacial score (nSPS) is 19.9. The summed E-state index contributed by atoms with van der Waals surface area (Å²) in [4.78, 5) is 0.245. The molecule has 0 amide bonds. The summed E-state index contributed by atoms with van der Waals surface area (Å²) >= 11 is 0. The molecule has 2 rings (SSSR count). The van der Waals surface area contributed by atoms with Crippen molar-refractivity contribution in [3.05, 3.63) is 35.9 Å². The van der Waals surface area contributed by atoms with Crippen molar-refractivity contribution >= 4 is 15.7 Å². The lowest BCUT2D eigenvalue weighted by atomic mass is 10.0. The van der Waals surface area contributed by atoms with E-state index < -0.39 is 10.0 Å². The molecule has 5 heteroatoms. The number of anilines is 1. The summed E-state index contributed by atoms with van der Waals surface area (Å²) in [6.07, 6.45) is 6.61. The van der Waals surface area contributed by atoms with Gasteiger partial charge in [0.15, 0.2) is 0 Å². The Morgan fingerprint density at radius 3 is 2.67 bits per heavy atom. The average Bonchev–Trinajstić information content (AvgIpc) is 2.28. The van der Waals surface area contributed by atoms with Gasteiger partial charge in [0.05, 0.1) is 4.90 Å². The summed E-state index contributed by atoms with van der Waals surface area (Å²) in [5, 5.41) is 0. The quantitative estimate of drug-likeness (QED) is 0.649. The molecule has 18 heavy (non-hydrogen) atoms. The van der Waals surface area contributed by atoms with Crippen LogP contribution in [0.4, 0.5) is 5.69 Å². The number of benzene rings is 1. The van der Waals surface area contributed by atoms with Crippen LogP contribution in [-0.2, 0) is 10.0 Å². The minimum Gasteiger partial charge on any atom is -0.399 e. The van der Waals surface area contributed by atoms with E-state index in [0.29, 0.717) is 5.69 Å². The Labute approximate surface area is 108 Å². The smallest absolute Gasteiger partial charge is 0.240 e. The largest absolute Gasteiger partial charge is 0.399 e. The number of sulfonamides is 1. The van der Waals surface area contributed by atoms with Crippen molar-refractivity contribution < 1.29 is 8.42 Å². The van der Waals surface area contributed by atoms with Gasteiger partial charge in [0.25, 0.3) is 0 Å². The van der Waals surface area contributed by atoms with Crippen LogP contribution in [0.5, 0.6) is 0 Å². The predicted molar refractivity (Wildman–Crippen MR) is 72.7 cm³/mol. The van der Waals surface area contributed by atoms with E-state index in [9.17, 15) is 8.42 Å². The molecule has 1 aromatic carbocycles. The fraction of sp³-hybridized carbons (Fsp3) is 0.385. The van der Waals surface area contributed by atoms with E-state index in [1.54, 1.807) is 12.1 Å². The third-order valence-corrected chi connectivity index (χ3v) is 4.47. The zero-order valence-corrected chi connectivity index (χ0v) is 11.2. The van der Waals surface area contributed by atoms with E-state index >= 15 is 0 Å². The first-order valence-corrected chi connectivity index (χ1v) is 7.50. The molecule has 3 N–H and O–H groups in total. The lowest BCUT2D eigenvalue weighted by Gasteiger charge is -2.19. The monoisotopic (exact) mass is 266 g/mol. The van der Waals surface area contributed by atoms with Crippen LogP contribution < -0.4 is 10.5 Å². The number of aryl methyl sites for hydroxylation is 1. The molecule has 0 aromatic heterocycles. The summed E-state index contributed by atoms with van der Waals surface area (Å²) in [5.74, 6) is 0. The molecule has 4 nitrogen and oxygen atoms in total. The molecule has 0 saturated heterocycles. The van der Waals surface area contributed by atoms with Crippen LogP contribution in [-0.4, -0.2) is 14.5 Å². The van der Waals surface area contributed by atoms with Crippen LogP contribution in [0.2, 0.25) is 0 Å². The Morgan fingerprint density at radius 2 is 2.06 bits per heavy atom. The summed E-state index contributed by atoms with van der Waals surface area (Å²) in [6.45, 7) is 1.83. The fourth-order valence-corrected chi connectivity index (χ4v) is 3.54. The van der Waals surface area contributed by atoms with Crippen molar-refractivity contribution in [2.24, 2.45) is 0 Å². The summed E-state index contributed by atoms with van der Waals surface area (Å²) in [6, 6.07) is 4.87. The van der Waals surface area contributed by atoms with Crippen molar-refractivity contribution in [2.75, 3.05) is 5.73 Å². The van der Waals surface area contributed by atoms with Crippen molar-refractivity contribution in [2.45, 2.75) is 37.1 Å². The van der Waals surface area contributed by atoms with Gasteiger partial charge in [0.1, 0.15) is 0 Å². The molecule has 1 aliphatic rings. The van der Waals surface area contributed by atoms with Crippen molar-refractivity contribution in [1.82, 2.24) is 4.72 Å². The van der Waals surface area contributed by atoms with E-state index in [2.05, 4.69) is 10.8 Å². The molecule has 0 saturated carbocycles. The van der Waals surface area contributed by atoms with Gasteiger partial charge in [-0.1, -0.05) is 12.2 Å². The van der Waals surface area contributed by atoms with Crippen LogP contribution in [0.15, 0.2) is 35.2 Å². The Morgan fingerprint density at radius 1 is 1.28 bits per heavy atom. The molecule has 0 fully saturated rings.